The molecule has 1 aromatic rings. The highest BCUT2D eigenvalue weighted by molar-refractivity contribution is 5.95. The van der Waals surface area contributed by atoms with Crippen molar-refractivity contribution in [3.8, 4) is 11.8 Å². The number of ether oxygens (including phenoxy) is 1. The molecule has 0 spiro atoms. The van der Waals surface area contributed by atoms with Crippen molar-refractivity contribution in [1.82, 2.24) is 4.90 Å². The van der Waals surface area contributed by atoms with Crippen LogP contribution in [0.1, 0.15) is 34.8 Å². The highest BCUT2D eigenvalue weighted by atomic mass is 16.5. The summed E-state index contributed by atoms with van der Waals surface area (Å²) < 4.78 is 5.37. The van der Waals surface area contributed by atoms with Gasteiger partial charge in [0, 0.05) is 24.1 Å². The highest BCUT2D eigenvalue weighted by Gasteiger charge is 2.24. The van der Waals surface area contributed by atoms with Gasteiger partial charge in [-0.05, 0) is 37.6 Å². The van der Waals surface area contributed by atoms with Gasteiger partial charge < -0.3 is 14.7 Å². The van der Waals surface area contributed by atoms with E-state index in [0.29, 0.717) is 31.7 Å². The van der Waals surface area contributed by atoms with E-state index in [1.807, 2.05) is 36.9 Å². The lowest BCUT2D eigenvalue weighted by atomic mass is 10.0. The van der Waals surface area contributed by atoms with Gasteiger partial charge in [0.1, 0.15) is 0 Å². The lowest BCUT2D eigenvalue weighted by molar-refractivity contribution is 0.00359. The molecule has 1 amide bonds. The summed E-state index contributed by atoms with van der Waals surface area (Å²) in [6.45, 7) is 5.80. The zero-order chi connectivity index (χ0) is 15.2. The SMILES string of the molecule is Cc1cc(C#CCCO)cc(C(=O)N2CCOCC2C)c1. The van der Waals surface area contributed by atoms with Crippen molar-refractivity contribution in [3.63, 3.8) is 0 Å². The molecule has 4 nitrogen and oxygen atoms in total. The third-order valence-corrected chi connectivity index (χ3v) is 3.42. The van der Waals surface area contributed by atoms with Crippen LogP contribution in [0.2, 0.25) is 0 Å². The van der Waals surface area contributed by atoms with E-state index in [4.69, 9.17) is 9.84 Å². The van der Waals surface area contributed by atoms with Gasteiger partial charge in [-0.15, -0.1) is 0 Å². The van der Waals surface area contributed by atoms with Gasteiger partial charge in [0.25, 0.3) is 5.91 Å². The molecule has 4 heteroatoms. The molecule has 1 atom stereocenters. The summed E-state index contributed by atoms with van der Waals surface area (Å²) in [6.07, 6.45) is 0.442. The second kappa shape index (κ2) is 7.26. The second-order valence-corrected chi connectivity index (χ2v) is 5.29. The van der Waals surface area contributed by atoms with Gasteiger partial charge >= 0.3 is 0 Å². The number of aliphatic hydroxyl groups excluding tert-OH is 1. The van der Waals surface area contributed by atoms with E-state index in [-0.39, 0.29) is 18.6 Å². The van der Waals surface area contributed by atoms with Crippen molar-refractivity contribution in [2.75, 3.05) is 26.4 Å². The maximum atomic E-state index is 12.6. The van der Waals surface area contributed by atoms with Crippen LogP contribution in [0.25, 0.3) is 0 Å². The lowest BCUT2D eigenvalue weighted by Gasteiger charge is -2.33. The molecule has 1 heterocycles. The van der Waals surface area contributed by atoms with Gasteiger partial charge in [-0.1, -0.05) is 11.8 Å². The van der Waals surface area contributed by atoms with Crippen LogP contribution in [0.3, 0.4) is 0 Å². The molecule has 21 heavy (non-hydrogen) atoms. The van der Waals surface area contributed by atoms with Gasteiger partial charge in [-0.2, -0.15) is 0 Å². The van der Waals surface area contributed by atoms with Gasteiger partial charge in [0.15, 0.2) is 0 Å². The van der Waals surface area contributed by atoms with Crippen molar-refractivity contribution in [2.24, 2.45) is 0 Å². The molecule has 0 bridgehead atoms. The van der Waals surface area contributed by atoms with E-state index >= 15 is 0 Å². The maximum Gasteiger partial charge on any atom is 0.254 e. The smallest absolute Gasteiger partial charge is 0.254 e. The third-order valence-electron chi connectivity index (χ3n) is 3.42. The summed E-state index contributed by atoms with van der Waals surface area (Å²) in [7, 11) is 0. The molecule has 1 aromatic carbocycles. The average Bonchev–Trinajstić information content (AvgIpc) is 2.47. The molecule has 1 aliphatic rings. The van der Waals surface area contributed by atoms with E-state index in [2.05, 4.69) is 11.8 Å². The maximum absolute atomic E-state index is 12.6. The summed E-state index contributed by atoms with van der Waals surface area (Å²) in [6, 6.07) is 5.75. The zero-order valence-corrected chi connectivity index (χ0v) is 12.6. The number of rotatable bonds is 2. The standard InChI is InChI=1S/C17H21NO3/c1-13-9-15(5-3-4-7-19)11-16(10-13)17(20)18-6-8-21-12-14(18)2/h9-11,14,19H,4,6-8,12H2,1-2H3. The first-order valence-electron chi connectivity index (χ1n) is 7.22. The fourth-order valence-electron chi connectivity index (χ4n) is 2.39. The predicted octanol–water partition coefficient (Wildman–Crippen LogP) is 1.59. The third kappa shape index (κ3) is 4.07. The van der Waals surface area contributed by atoms with Gasteiger partial charge in [-0.25, -0.2) is 0 Å². The minimum atomic E-state index is 0.0275. The topological polar surface area (TPSA) is 49.8 Å². The summed E-state index contributed by atoms with van der Waals surface area (Å²) in [5.41, 5.74) is 2.49. The fourth-order valence-corrected chi connectivity index (χ4v) is 2.39. The lowest BCUT2D eigenvalue weighted by Crippen LogP contribution is -2.47. The molecule has 0 radical (unpaired) electrons. The molecular formula is C17H21NO3. The van der Waals surface area contributed by atoms with Crippen LogP contribution in [0.15, 0.2) is 18.2 Å². The molecule has 0 aromatic heterocycles. The Morgan fingerprint density at radius 1 is 1.48 bits per heavy atom. The fraction of sp³-hybridized carbons (Fsp3) is 0.471. The van der Waals surface area contributed by atoms with E-state index in [0.717, 1.165) is 11.1 Å². The Morgan fingerprint density at radius 2 is 2.29 bits per heavy atom. The predicted molar refractivity (Wildman–Crippen MR) is 81.1 cm³/mol. The second-order valence-electron chi connectivity index (χ2n) is 5.29. The van der Waals surface area contributed by atoms with E-state index in [1.54, 1.807) is 0 Å². The van der Waals surface area contributed by atoms with Crippen LogP contribution in [0, 0.1) is 18.8 Å². The monoisotopic (exact) mass is 287 g/mol. The number of aliphatic hydroxyl groups is 1. The zero-order valence-electron chi connectivity index (χ0n) is 12.6. The van der Waals surface area contributed by atoms with Crippen molar-refractivity contribution in [2.45, 2.75) is 26.3 Å². The highest BCUT2D eigenvalue weighted by Crippen LogP contribution is 2.15. The summed E-state index contributed by atoms with van der Waals surface area (Å²) >= 11 is 0. The number of amides is 1. The summed E-state index contributed by atoms with van der Waals surface area (Å²) in [4.78, 5) is 14.5. The molecule has 2 rings (SSSR count). The molecule has 0 aliphatic carbocycles. The molecule has 1 fully saturated rings. The number of carbonyl (C=O) groups is 1. The quantitative estimate of drug-likeness (QED) is 0.840. The van der Waals surface area contributed by atoms with Crippen LogP contribution in [0.4, 0.5) is 0 Å². The Hall–Kier alpha value is -1.83. The van der Waals surface area contributed by atoms with Crippen molar-refractivity contribution < 1.29 is 14.6 Å². The Balaban J connectivity index is 2.23. The van der Waals surface area contributed by atoms with Crippen LogP contribution < -0.4 is 0 Å². The Kier molecular flexibility index (Phi) is 5.38. The number of morpholine rings is 1. The van der Waals surface area contributed by atoms with Crippen molar-refractivity contribution in [1.29, 1.82) is 0 Å². The molecule has 1 aliphatic heterocycles. The van der Waals surface area contributed by atoms with E-state index < -0.39 is 0 Å². The van der Waals surface area contributed by atoms with Gasteiger partial charge in [0.05, 0.1) is 25.9 Å². The molecule has 1 N–H and O–H groups in total. The average molecular weight is 287 g/mol. The molecule has 112 valence electrons. The Morgan fingerprint density at radius 3 is 3.00 bits per heavy atom. The van der Waals surface area contributed by atoms with Crippen molar-refractivity contribution in [3.05, 3.63) is 34.9 Å². The van der Waals surface area contributed by atoms with Crippen molar-refractivity contribution >= 4 is 5.91 Å². The van der Waals surface area contributed by atoms with Gasteiger partial charge in [-0.3, -0.25) is 4.79 Å². The Bertz CT molecular complexity index is 571. The van der Waals surface area contributed by atoms with Gasteiger partial charge in [0.2, 0.25) is 0 Å². The van der Waals surface area contributed by atoms with E-state index in [1.165, 1.54) is 0 Å². The molecule has 1 saturated heterocycles. The normalized spacial score (nSPS) is 18.0. The number of aryl methyl sites for hydroxylation is 1. The number of hydrogen-bond donors (Lipinski definition) is 1. The largest absolute Gasteiger partial charge is 0.395 e. The minimum absolute atomic E-state index is 0.0275. The van der Waals surface area contributed by atoms with Crippen LogP contribution in [0.5, 0.6) is 0 Å². The number of benzene rings is 1. The first-order chi connectivity index (χ1) is 10.1. The summed E-state index contributed by atoms with van der Waals surface area (Å²) in [5, 5.41) is 8.77. The number of nitrogens with zero attached hydrogens (tertiary/aromatic N) is 1. The minimum Gasteiger partial charge on any atom is -0.395 e. The first kappa shape index (κ1) is 15.6. The molecule has 0 saturated carbocycles. The summed E-state index contributed by atoms with van der Waals surface area (Å²) in [5.74, 6) is 5.91. The number of hydrogen-bond acceptors (Lipinski definition) is 3. The molecular weight excluding hydrogens is 266 g/mol. The first-order valence-corrected chi connectivity index (χ1v) is 7.22. The van der Waals surface area contributed by atoms with Crippen LogP contribution in [-0.2, 0) is 4.74 Å². The van der Waals surface area contributed by atoms with Crippen LogP contribution in [-0.4, -0.2) is 48.3 Å². The molecule has 1 unspecified atom stereocenters. The number of carbonyl (C=O) groups excluding carboxylic acids is 1. The Labute approximate surface area is 125 Å². The van der Waals surface area contributed by atoms with E-state index in [9.17, 15) is 4.79 Å². The van der Waals surface area contributed by atoms with Crippen LogP contribution >= 0.6 is 0 Å².